The molecule has 0 spiro atoms. The fourth-order valence-electron chi connectivity index (χ4n) is 2.38. The van der Waals surface area contributed by atoms with Gasteiger partial charge in [0.2, 0.25) is 0 Å². The van der Waals surface area contributed by atoms with E-state index < -0.39 is 6.03 Å². The van der Waals surface area contributed by atoms with Crippen LogP contribution in [0.2, 0.25) is 0 Å². The first-order chi connectivity index (χ1) is 12.0. The number of Topliss-reactive ketones (excluding diaryl/α,β-unsaturated/α-hetero) is 1. The molecule has 2 amide bonds. The van der Waals surface area contributed by atoms with Crippen molar-refractivity contribution < 1.29 is 9.59 Å². The Balaban J connectivity index is 2.07. The van der Waals surface area contributed by atoms with E-state index in [0.29, 0.717) is 29.3 Å². The van der Waals surface area contributed by atoms with Crippen LogP contribution >= 0.6 is 11.3 Å². The highest BCUT2D eigenvalue weighted by atomic mass is 32.1. The third-order valence-corrected chi connectivity index (χ3v) is 4.52. The Morgan fingerprint density at radius 2 is 2.04 bits per heavy atom. The monoisotopic (exact) mass is 360 g/mol. The van der Waals surface area contributed by atoms with Crippen LogP contribution in [0.5, 0.6) is 0 Å². The van der Waals surface area contributed by atoms with Gasteiger partial charge in [0.1, 0.15) is 0 Å². The van der Waals surface area contributed by atoms with Gasteiger partial charge in [0.25, 0.3) is 0 Å². The predicted molar refractivity (Wildman–Crippen MR) is 102 cm³/mol. The van der Waals surface area contributed by atoms with E-state index in [1.54, 1.807) is 11.4 Å². The summed E-state index contributed by atoms with van der Waals surface area (Å²) in [5, 5.41) is 7.69. The number of amides is 2. The molecule has 1 aromatic carbocycles. The first kappa shape index (κ1) is 19.1. The third kappa shape index (κ3) is 5.65. The van der Waals surface area contributed by atoms with Crippen molar-refractivity contribution in [3.63, 3.8) is 0 Å². The van der Waals surface area contributed by atoms with Crippen LogP contribution < -0.4 is 16.4 Å². The lowest BCUT2D eigenvalue weighted by Crippen LogP contribution is -2.21. The molecule has 0 aliphatic heterocycles. The number of carbonyl (C=O) groups is 2. The Labute approximate surface area is 151 Å². The van der Waals surface area contributed by atoms with Crippen molar-refractivity contribution in [1.29, 1.82) is 0 Å². The van der Waals surface area contributed by atoms with Gasteiger partial charge in [-0.1, -0.05) is 31.4 Å². The minimum Gasteiger partial charge on any atom is -0.325 e. The van der Waals surface area contributed by atoms with Gasteiger partial charge in [0.05, 0.1) is 11.4 Å². The molecule has 0 radical (unpaired) electrons. The smallest absolute Gasteiger partial charge is 0.325 e. The number of urea groups is 1. The number of nitrogens with one attached hydrogen (secondary N) is 2. The van der Waals surface area contributed by atoms with Crippen molar-refractivity contribution in [1.82, 2.24) is 4.98 Å². The standard InChI is InChI=1S/C18H24N4O2S/c1-3-4-5-6-16(23)14-9-12(2)7-8-15(14)21-17(24)22-18-20-13(10-19)11-25-18/h7-9,11H,3-6,10,19H2,1-2H3,(H2,20,21,22,24). The summed E-state index contributed by atoms with van der Waals surface area (Å²) in [6.07, 6.45) is 3.43. The lowest BCUT2D eigenvalue weighted by molar-refractivity contribution is 0.0980. The molecule has 0 unspecified atom stereocenters. The van der Waals surface area contributed by atoms with Gasteiger partial charge in [-0.2, -0.15) is 0 Å². The average Bonchev–Trinajstić information content (AvgIpc) is 3.04. The number of nitrogens with two attached hydrogens (primary N) is 1. The minimum atomic E-state index is -0.426. The quantitative estimate of drug-likeness (QED) is 0.482. The molecule has 0 aliphatic rings. The van der Waals surface area contributed by atoms with E-state index >= 15 is 0 Å². The van der Waals surface area contributed by atoms with Crippen molar-refractivity contribution in [2.75, 3.05) is 10.6 Å². The summed E-state index contributed by atoms with van der Waals surface area (Å²) >= 11 is 1.31. The molecule has 1 heterocycles. The van der Waals surface area contributed by atoms with Crippen LogP contribution in [0.4, 0.5) is 15.6 Å². The number of ketones is 1. The average molecular weight is 360 g/mol. The zero-order valence-corrected chi connectivity index (χ0v) is 15.4. The molecule has 0 aliphatic carbocycles. The number of unbranched alkanes of at least 4 members (excludes halogenated alkanes) is 2. The zero-order valence-electron chi connectivity index (χ0n) is 14.6. The number of benzene rings is 1. The van der Waals surface area contributed by atoms with Crippen LogP contribution in [0.15, 0.2) is 23.6 Å². The lowest BCUT2D eigenvalue weighted by Gasteiger charge is -2.11. The number of hydrogen-bond acceptors (Lipinski definition) is 5. The third-order valence-electron chi connectivity index (χ3n) is 3.71. The maximum absolute atomic E-state index is 12.5. The van der Waals surface area contributed by atoms with Gasteiger partial charge in [0, 0.05) is 23.9 Å². The Kier molecular flexibility index (Phi) is 7.09. The molecular formula is C18H24N4O2S. The summed E-state index contributed by atoms with van der Waals surface area (Å²) < 4.78 is 0. The number of nitrogens with zero attached hydrogens (tertiary/aromatic N) is 1. The number of thiazole rings is 1. The fraction of sp³-hybridized carbons (Fsp3) is 0.389. The van der Waals surface area contributed by atoms with Crippen molar-refractivity contribution in [2.24, 2.45) is 5.73 Å². The molecule has 134 valence electrons. The topological polar surface area (TPSA) is 97.1 Å². The van der Waals surface area contributed by atoms with Gasteiger partial charge in [-0.25, -0.2) is 9.78 Å². The Hall–Kier alpha value is -2.25. The molecule has 0 bridgehead atoms. The molecule has 25 heavy (non-hydrogen) atoms. The Bertz CT molecular complexity index is 742. The van der Waals surface area contributed by atoms with Crippen LogP contribution in [-0.2, 0) is 6.54 Å². The maximum Gasteiger partial charge on any atom is 0.325 e. The van der Waals surface area contributed by atoms with Crippen LogP contribution in [0, 0.1) is 6.92 Å². The second-order valence-corrected chi connectivity index (χ2v) is 6.71. The first-order valence-electron chi connectivity index (χ1n) is 8.39. The summed E-state index contributed by atoms with van der Waals surface area (Å²) in [4.78, 5) is 28.9. The number of carbonyl (C=O) groups excluding carboxylic acids is 2. The van der Waals surface area contributed by atoms with Crippen molar-refractivity contribution in [3.8, 4) is 0 Å². The van der Waals surface area contributed by atoms with Gasteiger partial charge in [-0.15, -0.1) is 11.3 Å². The largest absolute Gasteiger partial charge is 0.325 e. The molecule has 1 aromatic heterocycles. The molecule has 0 saturated carbocycles. The number of rotatable bonds is 8. The van der Waals surface area contributed by atoms with Gasteiger partial charge >= 0.3 is 6.03 Å². The van der Waals surface area contributed by atoms with E-state index in [4.69, 9.17) is 5.73 Å². The normalized spacial score (nSPS) is 10.5. The van der Waals surface area contributed by atoms with Crippen molar-refractivity contribution in [3.05, 3.63) is 40.4 Å². The number of aromatic nitrogens is 1. The van der Waals surface area contributed by atoms with E-state index in [1.807, 2.05) is 19.1 Å². The SMILES string of the molecule is CCCCCC(=O)c1cc(C)ccc1NC(=O)Nc1nc(CN)cs1. The maximum atomic E-state index is 12.5. The van der Waals surface area contributed by atoms with Gasteiger partial charge in [-0.05, 0) is 25.5 Å². The molecule has 4 N–H and O–H groups in total. The second-order valence-electron chi connectivity index (χ2n) is 5.86. The fourth-order valence-corrected chi connectivity index (χ4v) is 3.10. The predicted octanol–water partition coefficient (Wildman–Crippen LogP) is 4.32. The highest BCUT2D eigenvalue weighted by Crippen LogP contribution is 2.21. The van der Waals surface area contributed by atoms with Crippen molar-refractivity contribution in [2.45, 2.75) is 46.1 Å². The summed E-state index contributed by atoms with van der Waals surface area (Å²) in [7, 11) is 0. The zero-order chi connectivity index (χ0) is 18.2. The summed E-state index contributed by atoms with van der Waals surface area (Å²) in [5.41, 5.74) is 8.28. The molecular weight excluding hydrogens is 336 g/mol. The van der Waals surface area contributed by atoms with Gasteiger partial charge < -0.3 is 11.1 Å². The molecule has 2 rings (SSSR count). The summed E-state index contributed by atoms with van der Waals surface area (Å²) in [6.45, 7) is 4.36. The van der Waals surface area contributed by atoms with E-state index in [1.165, 1.54) is 11.3 Å². The summed E-state index contributed by atoms with van der Waals surface area (Å²) in [5.74, 6) is 0.0483. The van der Waals surface area contributed by atoms with E-state index in [2.05, 4.69) is 22.5 Å². The highest BCUT2D eigenvalue weighted by molar-refractivity contribution is 7.13. The number of hydrogen-bond donors (Lipinski definition) is 3. The molecule has 0 fully saturated rings. The van der Waals surface area contributed by atoms with E-state index in [0.717, 1.165) is 30.5 Å². The number of anilines is 2. The van der Waals surface area contributed by atoms with Crippen LogP contribution in [0.25, 0.3) is 0 Å². The first-order valence-corrected chi connectivity index (χ1v) is 9.27. The van der Waals surface area contributed by atoms with Gasteiger partial charge in [0.15, 0.2) is 10.9 Å². The van der Waals surface area contributed by atoms with E-state index in [9.17, 15) is 9.59 Å². The molecule has 2 aromatic rings. The van der Waals surface area contributed by atoms with Crippen LogP contribution in [-0.4, -0.2) is 16.8 Å². The Morgan fingerprint density at radius 1 is 1.24 bits per heavy atom. The highest BCUT2D eigenvalue weighted by Gasteiger charge is 2.14. The van der Waals surface area contributed by atoms with Crippen LogP contribution in [0.1, 0.15) is 54.2 Å². The lowest BCUT2D eigenvalue weighted by atomic mass is 10.0. The molecule has 7 heteroatoms. The van der Waals surface area contributed by atoms with Crippen molar-refractivity contribution >= 4 is 34.0 Å². The number of aryl methyl sites for hydroxylation is 1. The molecule has 6 nitrogen and oxygen atoms in total. The van der Waals surface area contributed by atoms with Gasteiger partial charge in [-0.3, -0.25) is 10.1 Å². The van der Waals surface area contributed by atoms with E-state index in [-0.39, 0.29) is 5.78 Å². The van der Waals surface area contributed by atoms with Crippen LogP contribution in [0.3, 0.4) is 0 Å². The Morgan fingerprint density at radius 3 is 2.72 bits per heavy atom. The summed E-state index contributed by atoms with van der Waals surface area (Å²) in [6, 6.07) is 5.02. The second kappa shape index (κ2) is 9.29. The minimum absolute atomic E-state index is 0.0483. The molecule has 0 atom stereocenters. The molecule has 0 saturated heterocycles.